The van der Waals surface area contributed by atoms with E-state index in [0.29, 0.717) is 5.92 Å². The van der Waals surface area contributed by atoms with Gasteiger partial charge in [0.1, 0.15) is 0 Å². The van der Waals surface area contributed by atoms with Crippen molar-refractivity contribution in [3.8, 4) is 11.1 Å². The van der Waals surface area contributed by atoms with Gasteiger partial charge in [-0.05, 0) is 61.3 Å². The predicted octanol–water partition coefficient (Wildman–Crippen LogP) is 4.96. The zero-order valence-corrected chi connectivity index (χ0v) is 14.9. The van der Waals surface area contributed by atoms with Gasteiger partial charge in [0.25, 0.3) is 0 Å². The molecule has 1 aliphatic rings. The average molecular weight is 352 g/mol. The molecule has 1 fully saturated rings. The monoisotopic (exact) mass is 351 g/mol. The molecule has 4 heteroatoms. The molecule has 4 rings (SSSR count). The highest BCUT2D eigenvalue weighted by Crippen LogP contribution is 2.31. The number of H-pyrrole nitrogens is 1. The zero-order chi connectivity index (χ0) is 17.1. The van der Waals surface area contributed by atoms with Crippen molar-refractivity contribution in [2.45, 2.75) is 18.8 Å². The molecule has 0 saturated carbocycles. The number of halogens is 1. The SMILES string of the molecule is Clc1ccc(C(CCN2CCC2)c2ccc(-c3cn[nH]c3)cc2)cc1. The highest BCUT2D eigenvalue weighted by Gasteiger charge is 2.19. The highest BCUT2D eigenvalue weighted by molar-refractivity contribution is 6.30. The van der Waals surface area contributed by atoms with Crippen molar-refractivity contribution in [1.29, 1.82) is 0 Å². The fraction of sp³-hybridized carbons (Fsp3) is 0.286. The van der Waals surface area contributed by atoms with Crippen LogP contribution < -0.4 is 0 Å². The van der Waals surface area contributed by atoms with Crippen molar-refractivity contribution in [3.05, 3.63) is 77.1 Å². The summed E-state index contributed by atoms with van der Waals surface area (Å²) in [4.78, 5) is 2.53. The van der Waals surface area contributed by atoms with Crippen molar-refractivity contribution in [2.75, 3.05) is 19.6 Å². The van der Waals surface area contributed by atoms with Crippen LogP contribution in [-0.4, -0.2) is 34.7 Å². The van der Waals surface area contributed by atoms with E-state index in [-0.39, 0.29) is 0 Å². The van der Waals surface area contributed by atoms with E-state index in [1.807, 2.05) is 24.5 Å². The molecule has 1 aromatic heterocycles. The van der Waals surface area contributed by atoms with Crippen LogP contribution in [0, 0.1) is 0 Å². The first-order chi connectivity index (χ1) is 12.3. The van der Waals surface area contributed by atoms with Gasteiger partial charge in [-0.2, -0.15) is 5.10 Å². The van der Waals surface area contributed by atoms with Crippen LogP contribution in [0.1, 0.15) is 29.9 Å². The third-order valence-corrected chi connectivity index (χ3v) is 5.35. The van der Waals surface area contributed by atoms with Crippen LogP contribution in [0.3, 0.4) is 0 Å². The summed E-state index contributed by atoms with van der Waals surface area (Å²) in [5.74, 6) is 0.399. The zero-order valence-electron chi connectivity index (χ0n) is 14.2. The van der Waals surface area contributed by atoms with Crippen LogP contribution in [0.15, 0.2) is 60.9 Å². The number of aromatic nitrogens is 2. The summed E-state index contributed by atoms with van der Waals surface area (Å²) >= 11 is 6.08. The second-order valence-corrected chi connectivity index (χ2v) is 7.13. The predicted molar refractivity (Wildman–Crippen MR) is 103 cm³/mol. The second-order valence-electron chi connectivity index (χ2n) is 6.70. The van der Waals surface area contributed by atoms with E-state index in [1.54, 1.807) is 0 Å². The normalized spacial score (nSPS) is 15.7. The number of likely N-dealkylation sites (tertiary alicyclic amines) is 1. The Morgan fingerprint density at radius 3 is 2.20 bits per heavy atom. The molecule has 2 heterocycles. The van der Waals surface area contributed by atoms with Crippen molar-refractivity contribution in [3.63, 3.8) is 0 Å². The van der Waals surface area contributed by atoms with E-state index in [9.17, 15) is 0 Å². The maximum atomic E-state index is 6.08. The minimum atomic E-state index is 0.399. The third-order valence-electron chi connectivity index (χ3n) is 5.10. The summed E-state index contributed by atoms with van der Waals surface area (Å²) in [6, 6.07) is 17.2. The molecular formula is C21H22ClN3. The molecule has 0 radical (unpaired) electrons. The van der Waals surface area contributed by atoms with Gasteiger partial charge in [0, 0.05) is 22.7 Å². The lowest BCUT2D eigenvalue weighted by atomic mass is 9.87. The lowest BCUT2D eigenvalue weighted by Gasteiger charge is -2.32. The largest absolute Gasteiger partial charge is 0.303 e. The van der Waals surface area contributed by atoms with E-state index >= 15 is 0 Å². The minimum absolute atomic E-state index is 0.399. The van der Waals surface area contributed by atoms with E-state index in [1.165, 1.54) is 36.2 Å². The average Bonchev–Trinajstić information content (AvgIpc) is 3.13. The minimum Gasteiger partial charge on any atom is -0.303 e. The molecule has 0 amide bonds. The smallest absolute Gasteiger partial charge is 0.0565 e. The molecule has 3 aromatic rings. The standard InChI is InChI=1S/C21H22ClN3/c22-20-8-6-18(7-9-20)21(10-13-25-11-1-12-25)17-4-2-16(3-5-17)19-14-23-24-15-19/h2-9,14-15,21H,1,10-13H2,(H,23,24). The summed E-state index contributed by atoms with van der Waals surface area (Å²) in [6.45, 7) is 3.64. The van der Waals surface area contributed by atoms with Crippen LogP contribution in [0.2, 0.25) is 5.02 Å². The Balaban J connectivity index is 1.58. The molecule has 0 aliphatic carbocycles. The molecule has 1 saturated heterocycles. The molecule has 25 heavy (non-hydrogen) atoms. The Kier molecular flexibility index (Phi) is 4.86. The molecule has 1 aliphatic heterocycles. The molecule has 0 spiro atoms. The molecule has 0 bridgehead atoms. The summed E-state index contributed by atoms with van der Waals surface area (Å²) in [5.41, 5.74) is 5.00. The highest BCUT2D eigenvalue weighted by atomic mass is 35.5. The lowest BCUT2D eigenvalue weighted by molar-refractivity contribution is 0.177. The molecule has 2 aromatic carbocycles. The first kappa shape index (κ1) is 16.4. The number of nitrogens with one attached hydrogen (secondary N) is 1. The van der Waals surface area contributed by atoms with Crippen molar-refractivity contribution in [1.82, 2.24) is 15.1 Å². The summed E-state index contributed by atoms with van der Waals surface area (Å²) in [5, 5.41) is 7.70. The Labute approximate surface area is 153 Å². The first-order valence-electron chi connectivity index (χ1n) is 8.86. The molecule has 3 nitrogen and oxygen atoms in total. The van der Waals surface area contributed by atoms with Gasteiger partial charge < -0.3 is 4.90 Å². The van der Waals surface area contributed by atoms with Crippen molar-refractivity contribution < 1.29 is 0 Å². The van der Waals surface area contributed by atoms with E-state index < -0.39 is 0 Å². The molecule has 1 atom stereocenters. The van der Waals surface area contributed by atoms with E-state index in [2.05, 4.69) is 51.5 Å². The van der Waals surface area contributed by atoms with Crippen molar-refractivity contribution in [2.24, 2.45) is 0 Å². The van der Waals surface area contributed by atoms with Gasteiger partial charge >= 0.3 is 0 Å². The Morgan fingerprint density at radius 2 is 1.64 bits per heavy atom. The van der Waals surface area contributed by atoms with Gasteiger partial charge in [0.2, 0.25) is 0 Å². The number of hydrogen-bond donors (Lipinski definition) is 1. The fourth-order valence-electron chi connectivity index (χ4n) is 3.45. The second kappa shape index (κ2) is 7.42. The topological polar surface area (TPSA) is 31.9 Å². The van der Waals surface area contributed by atoms with Crippen LogP contribution in [0.25, 0.3) is 11.1 Å². The van der Waals surface area contributed by atoms with Gasteiger partial charge in [-0.3, -0.25) is 5.10 Å². The number of hydrogen-bond acceptors (Lipinski definition) is 2. The van der Waals surface area contributed by atoms with Crippen LogP contribution in [0.5, 0.6) is 0 Å². The quantitative estimate of drug-likeness (QED) is 0.680. The molecule has 128 valence electrons. The Bertz CT molecular complexity index is 790. The van der Waals surface area contributed by atoms with Gasteiger partial charge in [-0.15, -0.1) is 0 Å². The Morgan fingerprint density at radius 1 is 0.960 bits per heavy atom. The van der Waals surface area contributed by atoms with Crippen LogP contribution in [0.4, 0.5) is 0 Å². The lowest BCUT2D eigenvalue weighted by Crippen LogP contribution is -2.38. The van der Waals surface area contributed by atoms with Gasteiger partial charge in [-0.1, -0.05) is 48.0 Å². The summed E-state index contributed by atoms with van der Waals surface area (Å²) in [6.07, 6.45) is 6.25. The first-order valence-corrected chi connectivity index (χ1v) is 9.24. The third kappa shape index (κ3) is 3.78. The number of rotatable bonds is 6. The summed E-state index contributed by atoms with van der Waals surface area (Å²) < 4.78 is 0. The number of aromatic amines is 1. The van der Waals surface area contributed by atoms with E-state index in [0.717, 1.165) is 23.6 Å². The van der Waals surface area contributed by atoms with Crippen LogP contribution in [-0.2, 0) is 0 Å². The molecular weight excluding hydrogens is 330 g/mol. The van der Waals surface area contributed by atoms with Gasteiger partial charge in [0.15, 0.2) is 0 Å². The van der Waals surface area contributed by atoms with Crippen LogP contribution >= 0.6 is 11.6 Å². The molecule has 1 unspecified atom stereocenters. The fourth-order valence-corrected chi connectivity index (χ4v) is 3.58. The van der Waals surface area contributed by atoms with Crippen molar-refractivity contribution >= 4 is 11.6 Å². The molecule has 1 N–H and O–H groups in total. The Hall–Kier alpha value is -2.10. The summed E-state index contributed by atoms with van der Waals surface area (Å²) in [7, 11) is 0. The van der Waals surface area contributed by atoms with E-state index in [4.69, 9.17) is 11.6 Å². The maximum Gasteiger partial charge on any atom is 0.0565 e. The number of nitrogens with zero attached hydrogens (tertiary/aromatic N) is 2. The maximum absolute atomic E-state index is 6.08. The van der Waals surface area contributed by atoms with Gasteiger partial charge in [0.05, 0.1) is 6.20 Å². The number of benzene rings is 2. The van der Waals surface area contributed by atoms with Gasteiger partial charge in [-0.25, -0.2) is 0 Å².